The maximum Gasteiger partial charge on any atom is 0.344 e. The summed E-state index contributed by atoms with van der Waals surface area (Å²) < 4.78 is 6.27. The van der Waals surface area contributed by atoms with Gasteiger partial charge >= 0.3 is 11.6 Å². The summed E-state index contributed by atoms with van der Waals surface area (Å²) in [4.78, 5) is 22.9. The summed E-state index contributed by atoms with van der Waals surface area (Å²) in [6.07, 6.45) is -0.103. The summed E-state index contributed by atoms with van der Waals surface area (Å²) in [5.41, 5.74) is 1.80. The predicted octanol–water partition coefficient (Wildman–Crippen LogP) is 3.85. The van der Waals surface area contributed by atoms with E-state index in [1.807, 2.05) is 24.3 Å². The third kappa shape index (κ3) is 2.94. The SMILES string of the molecule is O=C(O)Cc1ccc2cc(-c3ccc(Br)cc3)c(=O)oc2c1. The minimum Gasteiger partial charge on any atom is -0.481 e. The minimum absolute atomic E-state index is 0.103. The van der Waals surface area contributed by atoms with Crippen molar-refractivity contribution < 1.29 is 14.3 Å². The van der Waals surface area contributed by atoms with Gasteiger partial charge in [-0.1, -0.05) is 40.2 Å². The first-order valence-electron chi connectivity index (χ1n) is 6.57. The van der Waals surface area contributed by atoms with Crippen molar-refractivity contribution in [1.82, 2.24) is 0 Å². The zero-order valence-electron chi connectivity index (χ0n) is 11.4. The van der Waals surface area contributed by atoms with E-state index in [9.17, 15) is 9.59 Å². The molecule has 3 rings (SSSR count). The van der Waals surface area contributed by atoms with Crippen LogP contribution in [0, 0.1) is 0 Å². The summed E-state index contributed by atoms with van der Waals surface area (Å²) in [6.45, 7) is 0. The third-order valence-electron chi connectivity index (χ3n) is 3.31. The van der Waals surface area contributed by atoms with E-state index in [2.05, 4.69) is 15.9 Å². The van der Waals surface area contributed by atoms with E-state index in [0.29, 0.717) is 16.7 Å². The van der Waals surface area contributed by atoms with Gasteiger partial charge in [0.1, 0.15) is 5.58 Å². The van der Waals surface area contributed by atoms with Gasteiger partial charge in [0, 0.05) is 9.86 Å². The maximum atomic E-state index is 12.2. The zero-order valence-corrected chi connectivity index (χ0v) is 13.0. The third-order valence-corrected chi connectivity index (χ3v) is 3.84. The minimum atomic E-state index is -0.923. The van der Waals surface area contributed by atoms with Crippen LogP contribution < -0.4 is 5.63 Å². The molecular formula is C17H11BrO4. The van der Waals surface area contributed by atoms with Crippen LogP contribution in [-0.4, -0.2) is 11.1 Å². The first-order valence-corrected chi connectivity index (χ1v) is 7.37. The van der Waals surface area contributed by atoms with Gasteiger partial charge in [0.25, 0.3) is 0 Å². The number of carbonyl (C=O) groups is 1. The average Bonchev–Trinajstić information content (AvgIpc) is 2.47. The summed E-state index contributed by atoms with van der Waals surface area (Å²) in [5.74, 6) is -0.923. The largest absolute Gasteiger partial charge is 0.481 e. The Morgan fingerprint density at radius 2 is 1.82 bits per heavy atom. The smallest absolute Gasteiger partial charge is 0.344 e. The number of aliphatic carboxylic acids is 1. The number of rotatable bonds is 3. The fraction of sp³-hybridized carbons (Fsp3) is 0.0588. The van der Waals surface area contributed by atoms with Crippen LogP contribution in [0.3, 0.4) is 0 Å². The molecule has 0 aliphatic rings. The van der Waals surface area contributed by atoms with Crippen LogP contribution in [0.4, 0.5) is 0 Å². The van der Waals surface area contributed by atoms with Crippen LogP contribution in [0.15, 0.2) is 62.2 Å². The van der Waals surface area contributed by atoms with Gasteiger partial charge < -0.3 is 9.52 Å². The van der Waals surface area contributed by atoms with E-state index < -0.39 is 11.6 Å². The van der Waals surface area contributed by atoms with Crippen LogP contribution in [0.5, 0.6) is 0 Å². The van der Waals surface area contributed by atoms with Crippen molar-refractivity contribution in [2.75, 3.05) is 0 Å². The highest BCUT2D eigenvalue weighted by atomic mass is 79.9. The molecule has 0 radical (unpaired) electrons. The van der Waals surface area contributed by atoms with Crippen molar-refractivity contribution in [3.8, 4) is 11.1 Å². The van der Waals surface area contributed by atoms with E-state index in [0.717, 1.165) is 15.4 Å². The molecule has 0 atom stereocenters. The molecule has 0 saturated heterocycles. The van der Waals surface area contributed by atoms with E-state index in [4.69, 9.17) is 9.52 Å². The monoisotopic (exact) mass is 358 g/mol. The lowest BCUT2D eigenvalue weighted by atomic mass is 10.0. The summed E-state index contributed by atoms with van der Waals surface area (Å²) in [7, 11) is 0. The first-order chi connectivity index (χ1) is 10.5. The highest BCUT2D eigenvalue weighted by Crippen LogP contribution is 2.23. The second-order valence-corrected chi connectivity index (χ2v) is 5.81. The molecule has 0 unspecified atom stereocenters. The van der Waals surface area contributed by atoms with Crippen LogP contribution >= 0.6 is 15.9 Å². The molecule has 2 aromatic carbocycles. The zero-order chi connectivity index (χ0) is 15.7. The number of halogens is 1. The van der Waals surface area contributed by atoms with Gasteiger partial charge in [0.15, 0.2) is 0 Å². The quantitative estimate of drug-likeness (QED) is 0.722. The number of hydrogen-bond acceptors (Lipinski definition) is 3. The lowest BCUT2D eigenvalue weighted by molar-refractivity contribution is -0.136. The number of carboxylic acids is 1. The molecule has 5 heteroatoms. The van der Waals surface area contributed by atoms with Crippen molar-refractivity contribution in [2.45, 2.75) is 6.42 Å². The van der Waals surface area contributed by atoms with Crippen molar-refractivity contribution in [3.63, 3.8) is 0 Å². The second kappa shape index (κ2) is 5.77. The van der Waals surface area contributed by atoms with E-state index in [-0.39, 0.29) is 6.42 Å². The van der Waals surface area contributed by atoms with Crippen LogP contribution in [0.1, 0.15) is 5.56 Å². The molecule has 4 nitrogen and oxygen atoms in total. The lowest BCUT2D eigenvalue weighted by Crippen LogP contribution is -2.04. The predicted molar refractivity (Wildman–Crippen MR) is 87.0 cm³/mol. The molecule has 110 valence electrons. The van der Waals surface area contributed by atoms with Crippen LogP contribution in [0.25, 0.3) is 22.1 Å². The average molecular weight is 359 g/mol. The standard InChI is InChI=1S/C17H11BrO4/c18-13-5-3-11(4-6-13)14-9-12-2-1-10(8-16(19)20)7-15(12)22-17(14)21/h1-7,9H,8H2,(H,19,20). The molecule has 0 aliphatic heterocycles. The van der Waals surface area contributed by atoms with Gasteiger partial charge in [-0.15, -0.1) is 0 Å². The number of hydrogen-bond donors (Lipinski definition) is 1. The Morgan fingerprint density at radius 3 is 2.50 bits per heavy atom. The molecule has 0 bridgehead atoms. The Bertz CT molecular complexity index is 910. The first kappa shape index (κ1) is 14.5. The Morgan fingerprint density at radius 1 is 1.09 bits per heavy atom. The van der Waals surface area contributed by atoms with E-state index >= 15 is 0 Å². The number of benzene rings is 2. The molecule has 22 heavy (non-hydrogen) atoms. The molecule has 0 saturated carbocycles. The van der Waals surface area contributed by atoms with Crippen molar-refractivity contribution in [1.29, 1.82) is 0 Å². The molecule has 1 heterocycles. The summed E-state index contributed by atoms with van der Waals surface area (Å²) >= 11 is 3.35. The lowest BCUT2D eigenvalue weighted by Gasteiger charge is -2.04. The Hall–Kier alpha value is -2.40. The van der Waals surface area contributed by atoms with Crippen LogP contribution in [0.2, 0.25) is 0 Å². The fourth-order valence-corrected chi connectivity index (χ4v) is 2.54. The van der Waals surface area contributed by atoms with Gasteiger partial charge in [-0.3, -0.25) is 4.79 Å². The fourth-order valence-electron chi connectivity index (χ4n) is 2.27. The summed E-state index contributed by atoms with van der Waals surface area (Å²) in [5, 5.41) is 9.57. The molecule has 0 spiro atoms. The number of fused-ring (bicyclic) bond motifs is 1. The van der Waals surface area contributed by atoms with E-state index in [1.54, 1.807) is 24.3 Å². The van der Waals surface area contributed by atoms with Crippen LogP contribution in [-0.2, 0) is 11.2 Å². The number of carboxylic acid groups (broad SMARTS) is 1. The second-order valence-electron chi connectivity index (χ2n) is 4.90. The van der Waals surface area contributed by atoms with Crippen molar-refractivity contribution in [2.24, 2.45) is 0 Å². The molecule has 0 fully saturated rings. The Balaban J connectivity index is 2.11. The van der Waals surface area contributed by atoms with Gasteiger partial charge in [-0.25, -0.2) is 4.79 Å². The molecular weight excluding hydrogens is 348 g/mol. The van der Waals surface area contributed by atoms with Gasteiger partial charge in [0.2, 0.25) is 0 Å². The topological polar surface area (TPSA) is 67.5 Å². The normalized spacial score (nSPS) is 10.8. The highest BCUT2D eigenvalue weighted by molar-refractivity contribution is 9.10. The van der Waals surface area contributed by atoms with Gasteiger partial charge in [-0.05, 0) is 35.4 Å². The van der Waals surface area contributed by atoms with Gasteiger partial charge in [0.05, 0.1) is 12.0 Å². The molecule has 0 aliphatic carbocycles. The van der Waals surface area contributed by atoms with Crippen molar-refractivity contribution >= 4 is 32.9 Å². The Labute approximate surface area is 134 Å². The molecule has 1 N–H and O–H groups in total. The summed E-state index contributed by atoms with van der Waals surface area (Å²) in [6, 6.07) is 14.2. The highest BCUT2D eigenvalue weighted by Gasteiger charge is 2.09. The maximum absolute atomic E-state index is 12.2. The van der Waals surface area contributed by atoms with Crippen molar-refractivity contribution in [3.05, 3.63) is 69.0 Å². The molecule has 1 aromatic heterocycles. The Kier molecular flexibility index (Phi) is 3.81. The van der Waals surface area contributed by atoms with Gasteiger partial charge in [-0.2, -0.15) is 0 Å². The van der Waals surface area contributed by atoms with E-state index in [1.165, 1.54) is 0 Å². The molecule has 0 amide bonds. The molecule has 3 aromatic rings.